The maximum atomic E-state index is 5.30. The van der Waals surface area contributed by atoms with Crippen molar-refractivity contribution < 1.29 is 0 Å². The van der Waals surface area contributed by atoms with E-state index < -0.39 is 0 Å². The van der Waals surface area contributed by atoms with Crippen molar-refractivity contribution in [3.8, 4) is 78.3 Å². The van der Waals surface area contributed by atoms with Crippen LogP contribution in [0.25, 0.3) is 100.0 Å². The standard InChI is InChI=1S/C54H36N2/c1-3-15-37(16-4-1)46-34-47(38-17-5-2-6-18-38)36-48(35-46)42-23-11-21-40(31-42)41-22-12-26-45(32-41)54-55-52-30-10-9-28-51(52)53(56-54)44-25-13-24-43(33-44)50-29-14-20-39-19-7-8-27-49(39)50/h1-36H. The van der Waals surface area contributed by atoms with E-state index in [1.165, 1.54) is 44.2 Å². The Morgan fingerprint density at radius 2 is 0.679 bits per heavy atom. The molecule has 0 bridgehead atoms. The van der Waals surface area contributed by atoms with Gasteiger partial charge in [0.15, 0.2) is 5.82 Å². The predicted molar refractivity (Wildman–Crippen MR) is 235 cm³/mol. The van der Waals surface area contributed by atoms with E-state index in [0.29, 0.717) is 5.82 Å². The Morgan fingerprint density at radius 3 is 1.38 bits per heavy atom. The van der Waals surface area contributed by atoms with Gasteiger partial charge in [0, 0.05) is 16.5 Å². The van der Waals surface area contributed by atoms with E-state index in [1.807, 2.05) is 6.07 Å². The normalized spacial score (nSPS) is 11.2. The number of hydrogen-bond acceptors (Lipinski definition) is 2. The first-order valence-electron chi connectivity index (χ1n) is 19.1. The molecule has 0 saturated carbocycles. The molecule has 0 saturated heterocycles. The Hall–Kier alpha value is -7.42. The van der Waals surface area contributed by atoms with Gasteiger partial charge in [0.05, 0.1) is 11.2 Å². The van der Waals surface area contributed by atoms with Crippen LogP contribution in [-0.4, -0.2) is 9.97 Å². The van der Waals surface area contributed by atoms with Crippen molar-refractivity contribution in [2.75, 3.05) is 0 Å². The lowest BCUT2D eigenvalue weighted by atomic mass is 9.92. The Bertz CT molecular complexity index is 2960. The summed E-state index contributed by atoms with van der Waals surface area (Å²) in [6.45, 7) is 0. The Kier molecular flexibility index (Phi) is 8.55. The minimum absolute atomic E-state index is 0.704. The second kappa shape index (κ2) is 14.4. The maximum Gasteiger partial charge on any atom is 0.160 e. The van der Waals surface area contributed by atoms with E-state index in [9.17, 15) is 0 Å². The highest BCUT2D eigenvalue weighted by molar-refractivity contribution is 5.99. The van der Waals surface area contributed by atoms with Crippen LogP contribution >= 0.6 is 0 Å². The summed E-state index contributed by atoms with van der Waals surface area (Å²) < 4.78 is 0. The van der Waals surface area contributed by atoms with Crippen LogP contribution in [0.1, 0.15) is 0 Å². The maximum absolute atomic E-state index is 5.30. The van der Waals surface area contributed by atoms with E-state index in [-0.39, 0.29) is 0 Å². The fourth-order valence-electron chi connectivity index (χ4n) is 7.84. The molecule has 1 aromatic heterocycles. The molecular weight excluding hydrogens is 677 g/mol. The lowest BCUT2D eigenvalue weighted by Gasteiger charge is -2.13. The number of rotatable bonds is 7. The first-order chi connectivity index (χ1) is 27.7. The number of benzene rings is 9. The molecule has 10 rings (SSSR count). The van der Waals surface area contributed by atoms with Crippen molar-refractivity contribution >= 4 is 21.7 Å². The van der Waals surface area contributed by atoms with Gasteiger partial charge < -0.3 is 0 Å². The fraction of sp³-hybridized carbons (Fsp3) is 0. The molecule has 0 N–H and O–H groups in total. The van der Waals surface area contributed by atoms with Gasteiger partial charge in [-0.1, -0.05) is 176 Å². The predicted octanol–water partition coefficient (Wildman–Crippen LogP) is 14.5. The summed E-state index contributed by atoms with van der Waals surface area (Å²) in [6, 6.07) is 77.7. The van der Waals surface area contributed by atoms with Crippen molar-refractivity contribution in [1.82, 2.24) is 9.97 Å². The number of hydrogen-bond donors (Lipinski definition) is 0. The van der Waals surface area contributed by atoms with Crippen molar-refractivity contribution in [1.29, 1.82) is 0 Å². The lowest BCUT2D eigenvalue weighted by molar-refractivity contribution is 1.23. The Labute approximate surface area is 327 Å². The summed E-state index contributed by atoms with van der Waals surface area (Å²) >= 11 is 0. The third-order valence-corrected chi connectivity index (χ3v) is 10.6. The van der Waals surface area contributed by atoms with Gasteiger partial charge in [-0.3, -0.25) is 0 Å². The first kappa shape index (κ1) is 33.2. The number of fused-ring (bicyclic) bond motifs is 2. The second-order valence-electron chi connectivity index (χ2n) is 14.2. The van der Waals surface area contributed by atoms with Crippen LogP contribution in [0.4, 0.5) is 0 Å². The topological polar surface area (TPSA) is 25.8 Å². The molecule has 0 spiro atoms. The molecule has 10 aromatic rings. The lowest BCUT2D eigenvalue weighted by Crippen LogP contribution is -1.96. The third-order valence-electron chi connectivity index (χ3n) is 10.6. The van der Waals surface area contributed by atoms with Crippen LogP contribution in [0.3, 0.4) is 0 Å². The van der Waals surface area contributed by atoms with Crippen molar-refractivity contribution in [3.05, 3.63) is 218 Å². The molecular formula is C54H36N2. The van der Waals surface area contributed by atoms with Gasteiger partial charge in [0.2, 0.25) is 0 Å². The summed E-state index contributed by atoms with van der Waals surface area (Å²) in [5, 5.41) is 3.50. The smallest absolute Gasteiger partial charge is 0.160 e. The van der Waals surface area contributed by atoms with Crippen molar-refractivity contribution in [2.45, 2.75) is 0 Å². The van der Waals surface area contributed by atoms with Crippen LogP contribution in [0.2, 0.25) is 0 Å². The molecule has 1 heterocycles. The van der Waals surface area contributed by atoms with Gasteiger partial charge in [-0.25, -0.2) is 9.97 Å². The zero-order valence-corrected chi connectivity index (χ0v) is 30.7. The highest BCUT2D eigenvalue weighted by atomic mass is 14.9. The largest absolute Gasteiger partial charge is 0.228 e. The minimum atomic E-state index is 0.704. The molecule has 2 heteroatoms. The van der Waals surface area contributed by atoms with Gasteiger partial charge in [-0.2, -0.15) is 0 Å². The quantitative estimate of drug-likeness (QED) is 0.164. The van der Waals surface area contributed by atoms with Crippen LogP contribution < -0.4 is 0 Å². The molecule has 262 valence electrons. The van der Waals surface area contributed by atoms with E-state index >= 15 is 0 Å². The van der Waals surface area contributed by atoms with Crippen LogP contribution in [0, 0.1) is 0 Å². The van der Waals surface area contributed by atoms with E-state index in [4.69, 9.17) is 9.97 Å². The van der Waals surface area contributed by atoms with Crippen LogP contribution in [0.15, 0.2) is 218 Å². The fourth-order valence-corrected chi connectivity index (χ4v) is 7.84. The average molecular weight is 713 g/mol. The zero-order chi connectivity index (χ0) is 37.3. The van der Waals surface area contributed by atoms with Gasteiger partial charge >= 0.3 is 0 Å². The molecule has 2 nitrogen and oxygen atoms in total. The molecule has 0 unspecified atom stereocenters. The summed E-state index contributed by atoms with van der Waals surface area (Å²) in [4.78, 5) is 10.4. The van der Waals surface area contributed by atoms with Crippen molar-refractivity contribution in [3.63, 3.8) is 0 Å². The van der Waals surface area contributed by atoms with Crippen LogP contribution in [0.5, 0.6) is 0 Å². The van der Waals surface area contributed by atoms with Crippen molar-refractivity contribution in [2.24, 2.45) is 0 Å². The van der Waals surface area contributed by atoms with Gasteiger partial charge in [-0.15, -0.1) is 0 Å². The molecule has 9 aromatic carbocycles. The van der Waals surface area contributed by atoms with Gasteiger partial charge in [-0.05, 0) is 109 Å². The van der Waals surface area contributed by atoms with E-state index in [2.05, 4.69) is 212 Å². The summed E-state index contributed by atoms with van der Waals surface area (Å²) in [6.07, 6.45) is 0. The van der Waals surface area contributed by atoms with Gasteiger partial charge in [0.25, 0.3) is 0 Å². The monoisotopic (exact) mass is 712 g/mol. The highest BCUT2D eigenvalue weighted by Gasteiger charge is 2.15. The summed E-state index contributed by atoms with van der Waals surface area (Å²) in [5.74, 6) is 0.704. The molecule has 0 radical (unpaired) electrons. The van der Waals surface area contributed by atoms with Crippen LogP contribution in [-0.2, 0) is 0 Å². The molecule has 56 heavy (non-hydrogen) atoms. The third kappa shape index (κ3) is 6.44. The Balaban J connectivity index is 1.05. The molecule has 0 aliphatic rings. The number of nitrogens with zero attached hydrogens (tertiary/aromatic N) is 2. The highest BCUT2D eigenvalue weighted by Crippen LogP contribution is 2.37. The second-order valence-corrected chi connectivity index (χ2v) is 14.2. The molecule has 0 aliphatic carbocycles. The molecule has 0 fully saturated rings. The SMILES string of the molecule is c1ccc(-c2cc(-c3ccccc3)cc(-c3cccc(-c4cccc(-c5nc(-c6cccc(-c7cccc8ccccc78)c6)c6ccccc6n5)c4)c3)c2)cc1. The Morgan fingerprint density at radius 1 is 0.250 bits per heavy atom. The number of para-hydroxylation sites is 1. The van der Waals surface area contributed by atoms with E-state index in [1.54, 1.807) is 0 Å². The summed E-state index contributed by atoms with van der Waals surface area (Å²) in [7, 11) is 0. The molecule has 0 amide bonds. The molecule has 0 atom stereocenters. The summed E-state index contributed by atoms with van der Waals surface area (Å²) in [5.41, 5.74) is 15.6. The number of aromatic nitrogens is 2. The first-order valence-corrected chi connectivity index (χ1v) is 19.1. The average Bonchev–Trinajstić information content (AvgIpc) is 3.29. The zero-order valence-electron chi connectivity index (χ0n) is 30.7. The van der Waals surface area contributed by atoms with E-state index in [0.717, 1.165) is 50.0 Å². The minimum Gasteiger partial charge on any atom is -0.228 e. The van der Waals surface area contributed by atoms with Gasteiger partial charge in [0.1, 0.15) is 0 Å². The molecule has 0 aliphatic heterocycles.